The van der Waals surface area contributed by atoms with Crippen LogP contribution in [0.4, 0.5) is 14.5 Å². The summed E-state index contributed by atoms with van der Waals surface area (Å²) >= 11 is 0. The molecule has 2 heterocycles. The molecule has 1 aromatic rings. The van der Waals surface area contributed by atoms with Crippen LogP contribution in [0.15, 0.2) is 24.3 Å². The van der Waals surface area contributed by atoms with Gasteiger partial charge in [0, 0.05) is 38.3 Å². The third-order valence-corrected chi connectivity index (χ3v) is 4.86. The fourth-order valence-corrected chi connectivity index (χ4v) is 3.18. The molecule has 158 valence electrons. The third-order valence-electron chi connectivity index (χ3n) is 4.86. The first-order chi connectivity index (χ1) is 12.3. The number of alkyl halides is 2. The van der Waals surface area contributed by atoms with Gasteiger partial charge in [0.1, 0.15) is 0 Å². The summed E-state index contributed by atoms with van der Waals surface area (Å²) in [6.45, 7) is 2.76. The number of hydrogen-bond acceptors (Lipinski definition) is 4. The molecule has 3 rings (SSSR count). The van der Waals surface area contributed by atoms with Gasteiger partial charge in [0.2, 0.25) is 11.8 Å². The van der Waals surface area contributed by atoms with Gasteiger partial charge >= 0.3 is 0 Å². The third kappa shape index (κ3) is 6.55. The molecule has 1 unspecified atom stereocenters. The Morgan fingerprint density at radius 1 is 1.14 bits per heavy atom. The molecule has 2 aliphatic rings. The Kier molecular flexibility index (Phi) is 9.07. The predicted octanol–water partition coefficient (Wildman–Crippen LogP) is 1.78. The van der Waals surface area contributed by atoms with E-state index in [-0.39, 0.29) is 30.7 Å². The van der Waals surface area contributed by atoms with E-state index in [1.165, 1.54) is 0 Å². The van der Waals surface area contributed by atoms with Crippen LogP contribution in [0.3, 0.4) is 0 Å². The van der Waals surface area contributed by atoms with Crippen molar-refractivity contribution >= 4 is 42.3 Å². The van der Waals surface area contributed by atoms with E-state index in [1.54, 1.807) is 24.3 Å². The molecule has 0 aromatic heterocycles. The second-order valence-electron chi connectivity index (χ2n) is 7.04. The highest BCUT2D eigenvalue weighted by molar-refractivity contribution is 5.95. The lowest BCUT2D eigenvalue weighted by atomic mass is 10.1. The molecule has 1 atom stereocenters. The summed E-state index contributed by atoms with van der Waals surface area (Å²) in [6, 6.07) is 6.05. The molecule has 2 amide bonds. The number of rotatable bonds is 4. The number of nitrogens with one attached hydrogen (secondary N) is 2. The molecule has 10 heteroatoms. The Labute approximate surface area is 175 Å². The molecule has 6 nitrogen and oxygen atoms in total. The summed E-state index contributed by atoms with van der Waals surface area (Å²) in [5.74, 6) is -3.22. The lowest BCUT2D eigenvalue weighted by Crippen LogP contribution is -2.47. The van der Waals surface area contributed by atoms with Gasteiger partial charge in [-0.2, -0.15) is 0 Å². The van der Waals surface area contributed by atoms with E-state index in [0.717, 1.165) is 31.7 Å². The monoisotopic (exact) mass is 438 g/mol. The summed E-state index contributed by atoms with van der Waals surface area (Å²) in [5, 5.41) is 5.16. The highest BCUT2D eigenvalue weighted by Gasteiger charge is 2.42. The van der Waals surface area contributed by atoms with E-state index in [9.17, 15) is 18.4 Å². The van der Waals surface area contributed by atoms with Crippen LogP contribution in [0.2, 0.25) is 0 Å². The van der Waals surface area contributed by atoms with Crippen molar-refractivity contribution < 1.29 is 18.4 Å². The SMILES string of the molecule is CN1CCN(C(=O)Cc2ccc(NC(=O)C3CC(F)(F)CN3)cc2)CC1.Cl.Cl. The Morgan fingerprint density at radius 2 is 1.75 bits per heavy atom. The van der Waals surface area contributed by atoms with Crippen LogP contribution in [0.5, 0.6) is 0 Å². The minimum absolute atomic E-state index is 0. The normalized spacial score (nSPS) is 21.4. The minimum atomic E-state index is -2.84. The first kappa shape index (κ1) is 24.6. The molecule has 0 bridgehead atoms. The largest absolute Gasteiger partial charge is 0.340 e. The van der Waals surface area contributed by atoms with Gasteiger partial charge in [-0.1, -0.05) is 12.1 Å². The zero-order chi connectivity index (χ0) is 18.7. The van der Waals surface area contributed by atoms with Crippen LogP contribution in [0, 0.1) is 0 Å². The van der Waals surface area contributed by atoms with Crippen LogP contribution in [0.25, 0.3) is 0 Å². The maximum Gasteiger partial charge on any atom is 0.262 e. The molecule has 1 aromatic carbocycles. The van der Waals surface area contributed by atoms with Crippen molar-refractivity contribution in [2.24, 2.45) is 0 Å². The molecule has 0 aliphatic carbocycles. The van der Waals surface area contributed by atoms with Crippen LogP contribution in [-0.2, 0) is 16.0 Å². The molecule has 28 heavy (non-hydrogen) atoms. The molecule has 0 spiro atoms. The number of carbonyl (C=O) groups excluding carboxylic acids is 2. The van der Waals surface area contributed by atoms with E-state index in [0.29, 0.717) is 12.1 Å². The predicted molar refractivity (Wildman–Crippen MR) is 109 cm³/mol. The van der Waals surface area contributed by atoms with Gasteiger partial charge in [-0.25, -0.2) is 8.78 Å². The maximum absolute atomic E-state index is 13.2. The average Bonchev–Trinajstić information content (AvgIpc) is 2.97. The number of hydrogen-bond donors (Lipinski definition) is 2. The highest BCUT2D eigenvalue weighted by atomic mass is 35.5. The van der Waals surface area contributed by atoms with E-state index in [4.69, 9.17) is 0 Å². The van der Waals surface area contributed by atoms with Crippen molar-refractivity contribution in [1.29, 1.82) is 0 Å². The van der Waals surface area contributed by atoms with Gasteiger partial charge in [-0.15, -0.1) is 24.8 Å². The fraction of sp³-hybridized carbons (Fsp3) is 0.556. The van der Waals surface area contributed by atoms with Gasteiger partial charge in [0.15, 0.2) is 0 Å². The topological polar surface area (TPSA) is 64.7 Å². The first-order valence-corrected chi connectivity index (χ1v) is 8.80. The van der Waals surface area contributed by atoms with E-state index < -0.39 is 30.8 Å². The molecule has 2 fully saturated rings. The second kappa shape index (κ2) is 10.3. The molecule has 0 saturated carbocycles. The summed E-state index contributed by atoms with van der Waals surface area (Å²) < 4.78 is 26.3. The summed E-state index contributed by atoms with van der Waals surface area (Å²) in [7, 11) is 2.04. The van der Waals surface area contributed by atoms with Gasteiger partial charge in [-0.3, -0.25) is 14.9 Å². The van der Waals surface area contributed by atoms with Gasteiger partial charge < -0.3 is 15.1 Å². The number of amides is 2. The lowest BCUT2D eigenvalue weighted by molar-refractivity contribution is -0.132. The quantitative estimate of drug-likeness (QED) is 0.751. The summed E-state index contributed by atoms with van der Waals surface area (Å²) in [6.07, 6.45) is -0.176. The summed E-state index contributed by atoms with van der Waals surface area (Å²) in [5.41, 5.74) is 1.39. The number of nitrogens with zero attached hydrogens (tertiary/aromatic N) is 2. The molecule has 2 saturated heterocycles. The number of piperazine rings is 1. The maximum atomic E-state index is 13.2. The average molecular weight is 439 g/mol. The standard InChI is InChI=1S/C18H24F2N4O2.2ClH/c1-23-6-8-24(9-7-23)16(25)10-13-2-4-14(5-3-13)22-17(26)15-11-18(19,20)12-21-15;;/h2-5,15,21H,6-12H2,1H3,(H,22,26);2*1H. The van der Waals surface area contributed by atoms with Crippen molar-refractivity contribution in [3.8, 4) is 0 Å². The number of carbonyl (C=O) groups is 2. The van der Waals surface area contributed by atoms with Crippen molar-refractivity contribution in [3.63, 3.8) is 0 Å². The van der Waals surface area contributed by atoms with Crippen LogP contribution in [0.1, 0.15) is 12.0 Å². The number of likely N-dealkylation sites (N-methyl/N-ethyl adjacent to an activating group) is 1. The van der Waals surface area contributed by atoms with Crippen LogP contribution in [-0.4, -0.2) is 73.4 Å². The lowest BCUT2D eigenvalue weighted by Gasteiger charge is -2.32. The first-order valence-electron chi connectivity index (χ1n) is 8.80. The molecular weight excluding hydrogens is 413 g/mol. The number of benzene rings is 1. The number of halogens is 4. The van der Waals surface area contributed by atoms with Crippen LogP contribution < -0.4 is 10.6 Å². The Hall–Kier alpha value is -1.48. The Bertz CT molecular complexity index is 668. The van der Waals surface area contributed by atoms with Crippen molar-refractivity contribution in [1.82, 2.24) is 15.1 Å². The summed E-state index contributed by atoms with van der Waals surface area (Å²) in [4.78, 5) is 28.4. The highest BCUT2D eigenvalue weighted by Crippen LogP contribution is 2.25. The van der Waals surface area contributed by atoms with Crippen molar-refractivity contribution in [3.05, 3.63) is 29.8 Å². The van der Waals surface area contributed by atoms with E-state index >= 15 is 0 Å². The van der Waals surface area contributed by atoms with Crippen molar-refractivity contribution in [2.45, 2.75) is 24.8 Å². The Balaban J connectivity index is 0.00000196. The van der Waals surface area contributed by atoms with E-state index in [2.05, 4.69) is 15.5 Å². The Morgan fingerprint density at radius 3 is 2.29 bits per heavy atom. The molecule has 2 N–H and O–H groups in total. The number of anilines is 1. The van der Waals surface area contributed by atoms with Crippen LogP contribution >= 0.6 is 24.8 Å². The second-order valence-corrected chi connectivity index (χ2v) is 7.04. The van der Waals surface area contributed by atoms with E-state index in [1.807, 2.05) is 11.9 Å². The van der Waals surface area contributed by atoms with Gasteiger partial charge in [0.05, 0.1) is 19.0 Å². The molecular formula is C18H26Cl2F2N4O2. The van der Waals surface area contributed by atoms with Gasteiger partial charge in [0.25, 0.3) is 5.92 Å². The minimum Gasteiger partial charge on any atom is -0.340 e. The molecule has 0 radical (unpaired) electrons. The fourth-order valence-electron chi connectivity index (χ4n) is 3.18. The zero-order valence-corrected chi connectivity index (χ0v) is 17.3. The van der Waals surface area contributed by atoms with Crippen molar-refractivity contribution in [2.75, 3.05) is 45.1 Å². The molecule has 2 aliphatic heterocycles. The smallest absolute Gasteiger partial charge is 0.262 e. The van der Waals surface area contributed by atoms with Gasteiger partial charge in [-0.05, 0) is 24.7 Å². The zero-order valence-electron chi connectivity index (χ0n) is 15.6.